The summed E-state index contributed by atoms with van der Waals surface area (Å²) in [5.41, 5.74) is -0.592. The minimum atomic E-state index is -2.99. The summed E-state index contributed by atoms with van der Waals surface area (Å²) in [6, 6.07) is 0.431. The minimum Gasteiger partial charge on any atom is -0.349 e. The lowest BCUT2D eigenvalue weighted by atomic mass is 10.0. The molecule has 1 atom stereocenters. The molecule has 2 rings (SSSR count). The van der Waals surface area contributed by atoms with Crippen LogP contribution in [-0.2, 0) is 14.6 Å². The molecule has 2 fully saturated rings. The first-order valence-corrected chi connectivity index (χ1v) is 9.12. The fraction of sp³-hybridized carbons (Fsp3) is 0.923. The van der Waals surface area contributed by atoms with Crippen molar-refractivity contribution < 1.29 is 13.2 Å². The molecule has 0 aromatic heterocycles. The molecule has 0 radical (unpaired) electrons. The monoisotopic (exact) mass is 303 g/mol. The fourth-order valence-corrected chi connectivity index (χ4v) is 4.97. The molecule has 2 aliphatic rings. The predicted molar refractivity (Wildman–Crippen MR) is 78.3 cm³/mol. The lowest BCUT2D eigenvalue weighted by Crippen LogP contribution is -2.60. The van der Waals surface area contributed by atoms with Crippen LogP contribution in [0.15, 0.2) is 0 Å². The number of rotatable bonds is 6. The van der Waals surface area contributed by atoms with Crippen LogP contribution in [0.2, 0.25) is 0 Å². The molecular weight excluding hydrogens is 278 g/mol. The number of amides is 1. The van der Waals surface area contributed by atoms with E-state index in [1.807, 2.05) is 6.92 Å². The summed E-state index contributed by atoms with van der Waals surface area (Å²) in [6.45, 7) is 7.04. The molecule has 2 aliphatic heterocycles. The molecule has 1 amide bonds. The third-order valence-corrected chi connectivity index (χ3v) is 5.98. The van der Waals surface area contributed by atoms with E-state index in [0.717, 1.165) is 26.1 Å². The molecule has 2 heterocycles. The zero-order valence-corrected chi connectivity index (χ0v) is 13.1. The average Bonchev–Trinajstić information content (AvgIpc) is 2.50. The van der Waals surface area contributed by atoms with Gasteiger partial charge in [0, 0.05) is 19.1 Å². The van der Waals surface area contributed by atoms with E-state index < -0.39 is 15.4 Å². The molecule has 6 nitrogen and oxygen atoms in total. The van der Waals surface area contributed by atoms with E-state index in [9.17, 15) is 13.2 Å². The molecule has 7 heteroatoms. The Bertz CT molecular complexity index is 461. The van der Waals surface area contributed by atoms with Gasteiger partial charge in [-0.1, -0.05) is 6.92 Å². The van der Waals surface area contributed by atoms with Crippen molar-refractivity contribution in [1.29, 1.82) is 0 Å². The molecule has 2 saturated heterocycles. The van der Waals surface area contributed by atoms with Crippen molar-refractivity contribution in [3.8, 4) is 0 Å². The average molecular weight is 303 g/mol. The number of hydrogen-bond donors (Lipinski definition) is 2. The minimum absolute atomic E-state index is 0.0600. The van der Waals surface area contributed by atoms with E-state index in [4.69, 9.17) is 0 Å². The van der Waals surface area contributed by atoms with Crippen LogP contribution in [0.3, 0.4) is 0 Å². The molecule has 0 bridgehead atoms. The molecule has 0 aromatic rings. The van der Waals surface area contributed by atoms with E-state index >= 15 is 0 Å². The van der Waals surface area contributed by atoms with Crippen molar-refractivity contribution in [2.45, 2.75) is 38.3 Å². The van der Waals surface area contributed by atoms with Gasteiger partial charge >= 0.3 is 0 Å². The van der Waals surface area contributed by atoms with Crippen molar-refractivity contribution >= 4 is 15.7 Å². The van der Waals surface area contributed by atoms with Gasteiger partial charge in [-0.3, -0.25) is 9.69 Å². The van der Waals surface area contributed by atoms with Gasteiger partial charge < -0.3 is 10.6 Å². The number of carbonyl (C=O) groups excluding carboxylic acids is 1. The molecule has 0 spiro atoms. The summed E-state index contributed by atoms with van der Waals surface area (Å²) < 4.78 is 23.1. The predicted octanol–water partition coefficient (Wildman–Crippen LogP) is -0.636. The second-order valence-corrected chi connectivity index (χ2v) is 8.42. The number of nitrogens with zero attached hydrogens (tertiary/aromatic N) is 1. The smallest absolute Gasteiger partial charge is 0.234 e. The van der Waals surface area contributed by atoms with Crippen molar-refractivity contribution in [1.82, 2.24) is 15.5 Å². The van der Waals surface area contributed by atoms with Gasteiger partial charge in [0.05, 0.1) is 23.6 Å². The topological polar surface area (TPSA) is 78.5 Å². The number of sulfone groups is 1. The van der Waals surface area contributed by atoms with Crippen LogP contribution in [0.1, 0.15) is 26.7 Å². The standard InChI is InChI=1S/C13H25N3O3S/c1-3-5-16(11-7-14-8-11)9-12(17)15-13(2)4-6-20(18,19)10-13/h11,14H,3-10H2,1-2H3,(H,15,17). The highest BCUT2D eigenvalue weighted by Crippen LogP contribution is 2.22. The van der Waals surface area contributed by atoms with Crippen LogP contribution in [0.5, 0.6) is 0 Å². The van der Waals surface area contributed by atoms with Gasteiger partial charge in [0.2, 0.25) is 5.91 Å². The lowest BCUT2D eigenvalue weighted by Gasteiger charge is -2.38. The van der Waals surface area contributed by atoms with Crippen molar-refractivity contribution in [3.63, 3.8) is 0 Å². The zero-order valence-electron chi connectivity index (χ0n) is 12.3. The quantitative estimate of drug-likeness (QED) is 0.683. The SMILES string of the molecule is CCCN(CC(=O)NC1(C)CCS(=O)(=O)C1)C1CNC1. The van der Waals surface area contributed by atoms with Gasteiger partial charge in [-0.25, -0.2) is 8.42 Å². The van der Waals surface area contributed by atoms with Gasteiger partial charge in [-0.2, -0.15) is 0 Å². The third-order valence-electron chi connectivity index (χ3n) is 4.08. The van der Waals surface area contributed by atoms with Gasteiger partial charge in [-0.05, 0) is 26.3 Å². The first-order chi connectivity index (χ1) is 9.34. The van der Waals surface area contributed by atoms with Crippen LogP contribution >= 0.6 is 0 Å². The highest BCUT2D eigenvalue weighted by molar-refractivity contribution is 7.91. The molecular formula is C13H25N3O3S. The van der Waals surface area contributed by atoms with Crippen LogP contribution in [0.4, 0.5) is 0 Å². The Hall–Kier alpha value is -0.660. The zero-order chi connectivity index (χ0) is 14.8. The Balaban J connectivity index is 1.87. The second-order valence-electron chi connectivity index (χ2n) is 6.23. The van der Waals surface area contributed by atoms with E-state index in [0.29, 0.717) is 19.0 Å². The summed E-state index contributed by atoms with van der Waals surface area (Å²) in [7, 11) is -2.99. The number of nitrogens with one attached hydrogen (secondary N) is 2. The summed E-state index contributed by atoms with van der Waals surface area (Å²) in [6.07, 6.45) is 1.52. The Morgan fingerprint density at radius 3 is 2.60 bits per heavy atom. The van der Waals surface area contributed by atoms with Crippen molar-refractivity contribution in [2.75, 3.05) is 37.7 Å². The molecule has 1 unspecified atom stereocenters. The Kier molecular flexibility index (Phi) is 4.71. The van der Waals surface area contributed by atoms with E-state index in [-0.39, 0.29) is 17.4 Å². The molecule has 0 aromatic carbocycles. The maximum Gasteiger partial charge on any atom is 0.234 e. The Labute approximate surface area is 121 Å². The molecule has 0 saturated carbocycles. The number of hydrogen-bond acceptors (Lipinski definition) is 5. The van der Waals surface area contributed by atoms with Crippen LogP contribution in [0, 0.1) is 0 Å². The van der Waals surface area contributed by atoms with Gasteiger partial charge in [-0.15, -0.1) is 0 Å². The first-order valence-electron chi connectivity index (χ1n) is 7.30. The summed E-state index contributed by atoms with van der Waals surface area (Å²) in [4.78, 5) is 14.4. The summed E-state index contributed by atoms with van der Waals surface area (Å²) >= 11 is 0. The first kappa shape index (κ1) is 15.7. The van der Waals surface area contributed by atoms with Crippen molar-refractivity contribution in [2.24, 2.45) is 0 Å². The van der Waals surface area contributed by atoms with Gasteiger partial charge in [0.25, 0.3) is 0 Å². The third kappa shape index (κ3) is 3.93. The van der Waals surface area contributed by atoms with E-state index in [1.54, 1.807) is 0 Å². The maximum atomic E-state index is 12.2. The summed E-state index contributed by atoms with van der Waals surface area (Å²) in [5.74, 6) is 0.171. The second kappa shape index (κ2) is 5.99. The van der Waals surface area contributed by atoms with Crippen LogP contribution in [0.25, 0.3) is 0 Å². The van der Waals surface area contributed by atoms with Gasteiger partial charge in [0.1, 0.15) is 0 Å². The van der Waals surface area contributed by atoms with Crippen molar-refractivity contribution in [3.05, 3.63) is 0 Å². The van der Waals surface area contributed by atoms with Gasteiger partial charge in [0.15, 0.2) is 9.84 Å². The molecule has 116 valence electrons. The van der Waals surface area contributed by atoms with E-state index in [1.165, 1.54) is 0 Å². The maximum absolute atomic E-state index is 12.2. The largest absolute Gasteiger partial charge is 0.349 e. The lowest BCUT2D eigenvalue weighted by molar-refractivity contribution is -0.124. The summed E-state index contributed by atoms with van der Waals surface area (Å²) in [5, 5.41) is 6.13. The Morgan fingerprint density at radius 1 is 1.45 bits per heavy atom. The molecule has 0 aliphatic carbocycles. The molecule has 20 heavy (non-hydrogen) atoms. The highest BCUT2D eigenvalue weighted by atomic mass is 32.2. The van der Waals surface area contributed by atoms with E-state index in [2.05, 4.69) is 22.5 Å². The Morgan fingerprint density at radius 2 is 2.15 bits per heavy atom. The van der Waals surface area contributed by atoms with Crippen LogP contribution < -0.4 is 10.6 Å². The fourth-order valence-electron chi connectivity index (χ4n) is 2.88. The highest BCUT2D eigenvalue weighted by Gasteiger charge is 2.39. The number of carbonyl (C=O) groups is 1. The molecule has 2 N–H and O–H groups in total. The normalized spacial score (nSPS) is 29.4. The van der Waals surface area contributed by atoms with Crippen LogP contribution in [-0.4, -0.2) is 68.5 Å².